The van der Waals surface area contributed by atoms with Crippen LogP contribution in [0.1, 0.15) is 34.0 Å². The highest BCUT2D eigenvalue weighted by Gasteiger charge is 2.30. The fraction of sp³-hybridized carbons (Fsp3) is 0.333. The molecule has 0 aromatic heterocycles. The van der Waals surface area contributed by atoms with E-state index in [1.807, 2.05) is 45.3 Å². The molecule has 0 aliphatic carbocycles. The summed E-state index contributed by atoms with van der Waals surface area (Å²) in [6.07, 6.45) is -4.57. The van der Waals surface area contributed by atoms with Gasteiger partial charge in [0.15, 0.2) is 17.2 Å². The number of rotatable bonds is 11. The summed E-state index contributed by atoms with van der Waals surface area (Å²) in [5, 5.41) is 12.0. The Kier molecular flexibility index (Phi) is 13.9. The number of ether oxygens (including phenoxy) is 4. The van der Waals surface area contributed by atoms with Crippen LogP contribution in [0.15, 0.2) is 84.9 Å². The number of carbonyl (C=O) groups is 2. The summed E-state index contributed by atoms with van der Waals surface area (Å²) >= 11 is 0. The molecule has 0 bridgehead atoms. The van der Waals surface area contributed by atoms with Gasteiger partial charge >= 0.3 is 6.18 Å². The number of methoxy groups -OCH3 is 2. The first-order chi connectivity index (χ1) is 24.8. The van der Waals surface area contributed by atoms with Gasteiger partial charge in [-0.25, -0.2) is 0 Å². The van der Waals surface area contributed by atoms with E-state index in [9.17, 15) is 27.9 Å². The molecule has 52 heavy (non-hydrogen) atoms. The van der Waals surface area contributed by atoms with E-state index in [0.717, 1.165) is 30.2 Å². The number of benzene rings is 4. The Morgan fingerprint density at radius 3 is 2.23 bits per heavy atom. The maximum Gasteiger partial charge on any atom is 0.416 e. The predicted molar refractivity (Wildman–Crippen MR) is 191 cm³/mol. The van der Waals surface area contributed by atoms with Gasteiger partial charge in [0, 0.05) is 31.6 Å². The lowest BCUT2D eigenvalue weighted by molar-refractivity contribution is -0.137. The summed E-state index contributed by atoms with van der Waals surface area (Å²) in [6, 6.07) is 22.7. The summed E-state index contributed by atoms with van der Waals surface area (Å²) in [5.41, 5.74) is 1.46. The molecule has 0 saturated heterocycles. The first-order valence-corrected chi connectivity index (χ1v) is 16.6. The standard InChI is InChI=1S/C22H23F3N2O4.C17H21NO3/c1-14-12-27(9-10-28)21(30)17-3-2-4-18(20(17)31-13-14)26-19(29)11-15-5-7-16(8-6-15)22(23,24)25;1-18(2)12-13-5-7-14(8-6-13)21-16-10-9-15(19-3)11-17(16)20-4/h2-8,14,28H,9-13H2,1H3,(H,26,29);5-11H,12H2,1-4H3/t14-;/m1./s1. The van der Waals surface area contributed by atoms with Crippen molar-refractivity contribution in [1.82, 2.24) is 9.80 Å². The Bertz CT molecular complexity index is 1780. The van der Waals surface area contributed by atoms with Crippen LogP contribution in [0, 0.1) is 5.92 Å². The van der Waals surface area contributed by atoms with Crippen molar-refractivity contribution in [2.75, 3.05) is 59.9 Å². The predicted octanol–water partition coefficient (Wildman–Crippen LogP) is 6.91. The smallest absolute Gasteiger partial charge is 0.416 e. The Morgan fingerprint density at radius 2 is 1.62 bits per heavy atom. The number of fused-ring (bicyclic) bond motifs is 1. The number of nitrogens with zero attached hydrogens (tertiary/aromatic N) is 2. The van der Waals surface area contributed by atoms with Gasteiger partial charge in [0.25, 0.3) is 5.91 Å². The molecule has 0 fully saturated rings. The first-order valence-electron chi connectivity index (χ1n) is 16.6. The van der Waals surface area contributed by atoms with Crippen molar-refractivity contribution in [2.45, 2.75) is 26.1 Å². The zero-order valence-corrected chi connectivity index (χ0v) is 29.8. The van der Waals surface area contributed by atoms with Crippen molar-refractivity contribution >= 4 is 17.5 Å². The second kappa shape index (κ2) is 18.3. The number of hydrogen-bond donors (Lipinski definition) is 2. The van der Waals surface area contributed by atoms with Gasteiger partial charge in [-0.1, -0.05) is 37.3 Å². The number of carbonyl (C=O) groups excluding carboxylic acids is 2. The molecule has 1 heterocycles. The van der Waals surface area contributed by atoms with E-state index in [-0.39, 0.29) is 42.7 Å². The quantitative estimate of drug-likeness (QED) is 0.172. The fourth-order valence-electron chi connectivity index (χ4n) is 5.39. The number of aliphatic hydroxyl groups excluding tert-OH is 1. The lowest BCUT2D eigenvalue weighted by Gasteiger charge is -2.30. The average molecular weight is 724 g/mol. The number of halogens is 3. The highest BCUT2D eigenvalue weighted by atomic mass is 19.4. The van der Waals surface area contributed by atoms with Gasteiger partial charge in [0.1, 0.15) is 11.5 Å². The van der Waals surface area contributed by atoms with E-state index in [1.165, 1.54) is 17.7 Å². The molecular formula is C39H44F3N3O7. The maximum atomic E-state index is 12.9. The largest absolute Gasteiger partial charge is 0.497 e. The molecule has 5 rings (SSSR count). The van der Waals surface area contributed by atoms with Gasteiger partial charge < -0.3 is 39.2 Å². The Labute approximate surface area is 301 Å². The normalized spacial score (nSPS) is 14.2. The molecule has 0 saturated carbocycles. The number of nitrogens with one attached hydrogen (secondary N) is 1. The van der Waals surface area contributed by atoms with Gasteiger partial charge in [0.2, 0.25) is 5.91 Å². The van der Waals surface area contributed by atoms with Crippen LogP contribution in [-0.2, 0) is 23.9 Å². The minimum Gasteiger partial charge on any atom is -0.497 e. The molecule has 2 N–H and O–H groups in total. The lowest BCUT2D eigenvalue weighted by Crippen LogP contribution is -2.40. The highest BCUT2D eigenvalue weighted by molar-refractivity contribution is 6.01. The number of aliphatic hydroxyl groups is 1. The zero-order chi connectivity index (χ0) is 37.8. The van der Waals surface area contributed by atoms with E-state index in [1.54, 1.807) is 43.4 Å². The van der Waals surface area contributed by atoms with Crippen molar-refractivity contribution < 1.29 is 46.8 Å². The summed E-state index contributed by atoms with van der Waals surface area (Å²) in [5.74, 6) is 2.31. The van der Waals surface area contributed by atoms with Crippen molar-refractivity contribution in [3.05, 3.63) is 107 Å². The summed E-state index contributed by atoms with van der Waals surface area (Å²) < 4.78 is 60.3. The molecule has 1 aliphatic heterocycles. The van der Waals surface area contributed by atoms with Gasteiger partial charge in [-0.05, 0) is 73.8 Å². The van der Waals surface area contributed by atoms with Gasteiger partial charge in [-0.3, -0.25) is 9.59 Å². The summed E-state index contributed by atoms with van der Waals surface area (Å²) in [6.45, 7) is 3.59. The number of amides is 2. The Balaban J connectivity index is 0.000000251. The second-order valence-electron chi connectivity index (χ2n) is 12.5. The van der Waals surface area contributed by atoms with Crippen molar-refractivity contribution in [3.63, 3.8) is 0 Å². The number of para-hydroxylation sites is 1. The van der Waals surface area contributed by atoms with E-state index < -0.39 is 17.6 Å². The van der Waals surface area contributed by atoms with Gasteiger partial charge in [-0.2, -0.15) is 13.2 Å². The van der Waals surface area contributed by atoms with E-state index in [0.29, 0.717) is 35.9 Å². The van der Waals surface area contributed by atoms with Crippen LogP contribution in [0.25, 0.3) is 0 Å². The zero-order valence-electron chi connectivity index (χ0n) is 29.8. The number of alkyl halides is 3. The molecule has 2 amide bonds. The third-order valence-electron chi connectivity index (χ3n) is 7.89. The molecule has 4 aromatic rings. The van der Waals surface area contributed by atoms with Crippen molar-refractivity contribution in [2.24, 2.45) is 5.92 Å². The Morgan fingerprint density at radius 1 is 0.942 bits per heavy atom. The molecule has 0 radical (unpaired) electrons. The molecule has 0 spiro atoms. The number of hydrogen-bond acceptors (Lipinski definition) is 8. The van der Waals surface area contributed by atoms with Crippen LogP contribution in [-0.4, -0.2) is 81.3 Å². The highest BCUT2D eigenvalue weighted by Crippen LogP contribution is 2.35. The lowest BCUT2D eigenvalue weighted by atomic mass is 10.1. The molecule has 1 atom stereocenters. The maximum absolute atomic E-state index is 12.9. The van der Waals surface area contributed by atoms with Crippen molar-refractivity contribution in [1.29, 1.82) is 0 Å². The Hall–Kier alpha value is -5.27. The van der Waals surface area contributed by atoms with E-state index >= 15 is 0 Å². The van der Waals surface area contributed by atoms with Crippen LogP contribution in [0.5, 0.6) is 28.7 Å². The third kappa shape index (κ3) is 11.1. The third-order valence-corrected chi connectivity index (χ3v) is 7.89. The van der Waals surface area contributed by atoms with E-state index in [4.69, 9.17) is 18.9 Å². The number of anilines is 1. The minimum atomic E-state index is -4.44. The SMILES string of the molecule is COc1ccc(Oc2ccc(CN(C)C)cc2)c(OC)c1.C[C@H]1COc2c(NC(=O)Cc3ccc(C(F)(F)F)cc3)cccc2C(=O)N(CCO)C1. The average Bonchev–Trinajstić information content (AvgIpc) is 3.11. The van der Waals surface area contributed by atoms with Gasteiger partial charge in [-0.15, -0.1) is 0 Å². The van der Waals surface area contributed by atoms with Crippen molar-refractivity contribution in [3.8, 4) is 28.7 Å². The van der Waals surface area contributed by atoms with Crippen LogP contribution in [0.4, 0.5) is 18.9 Å². The van der Waals surface area contributed by atoms with Crippen LogP contribution in [0.3, 0.4) is 0 Å². The first kappa shape index (κ1) is 39.5. The minimum absolute atomic E-state index is 0.0135. The fourth-order valence-corrected chi connectivity index (χ4v) is 5.39. The monoisotopic (exact) mass is 723 g/mol. The molecular weight excluding hydrogens is 679 g/mol. The number of β-amino-alcohol motifs (C(OH)–C–C–N with tert-alkyl or cyclic N) is 1. The van der Waals surface area contributed by atoms with Crippen LogP contribution in [0.2, 0.25) is 0 Å². The van der Waals surface area contributed by atoms with Crippen LogP contribution < -0.4 is 24.3 Å². The summed E-state index contributed by atoms with van der Waals surface area (Å²) in [7, 11) is 7.33. The molecule has 10 nitrogen and oxygen atoms in total. The molecule has 4 aromatic carbocycles. The topological polar surface area (TPSA) is 110 Å². The van der Waals surface area contributed by atoms with E-state index in [2.05, 4.69) is 22.3 Å². The molecule has 278 valence electrons. The molecule has 0 unspecified atom stereocenters. The second-order valence-corrected chi connectivity index (χ2v) is 12.5. The molecule has 1 aliphatic rings. The van der Waals surface area contributed by atoms with Crippen LogP contribution >= 0.6 is 0 Å². The summed E-state index contributed by atoms with van der Waals surface area (Å²) in [4.78, 5) is 29.1. The van der Waals surface area contributed by atoms with Gasteiger partial charge in [0.05, 0.1) is 50.7 Å². The molecule has 13 heteroatoms.